The van der Waals surface area contributed by atoms with E-state index in [0.29, 0.717) is 33.9 Å². The van der Waals surface area contributed by atoms with Crippen molar-refractivity contribution in [2.45, 2.75) is 0 Å². The first-order valence-corrected chi connectivity index (χ1v) is 11.4. The molecule has 0 spiro atoms. The maximum absolute atomic E-state index is 11.1. The molecule has 0 heterocycles. The monoisotopic (exact) mass is 527 g/mol. The number of phenols is 2. The normalized spacial score (nSPS) is 11.8. The molecule has 11 nitrogen and oxygen atoms in total. The third kappa shape index (κ3) is 5.84. The van der Waals surface area contributed by atoms with Crippen molar-refractivity contribution in [1.29, 1.82) is 0 Å². The minimum atomic E-state index is -1.26. The molecule has 0 fully saturated rings. The van der Waals surface area contributed by atoms with Gasteiger partial charge in [-0.3, -0.25) is 5.01 Å². The van der Waals surface area contributed by atoms with Crippen LogP contribution in [-0.2, 0) is 0 Å². The Bertz CT molecular complexity index is 1660. The van der Waals surface area contributed by atoms with Crippen molar-refractivity contribution < 1.29 is 30.0 Å². The first kappa shape index (κ1) is 26.4. The van der Waals surface area contributed by atoms with Gasteiger partial charge < -0.3 is 37.2 Å². The zero-order valence-electron chi connectivity index (χ0n) is 20.4. The van der Waals surface area contributed by atoms with Crippen molar-refractivity contribution in [3.63, 3.8) is 0 Å². The van der Waals surface area contributed by atoms with E-state index in [1.807, 2.05) is 36.4 Å². The van der Waals surface area contributed by atoms with Crippen molar-refractivity contribution in [3.8, 4) is 11.5 Å². The number of hydrazine groups is 1. The average molecular weight is 528 g/mol. The molecule has 11 heteroatoms. The SMILES string of the molecule is N/C(=C\Nc1ccc(C(=O)O)c(O)c1)c1ccc2ccc(/C(N)=C/N(N)c3ccc(C(=O)O)c(O)c3)cc2c1. The number of fused-ring (bicyclic) bond motifs is 1. The number of anilines is 2. The average Bonchev–Trinajstić information content (AvgIpc) is 2.90. The van der Waals surface area contributed by atoms with Gasteiger partial charge >= 0.3 is 11.9 Å². The van der Waals surface area contributed by atoms with Crippen molar-refractivity contribution in [2.24, 2.45) is 17.3 Å². The minimum Gasteiger partial charge on any atom is -0.507 e. The van der Waals surface area contributed by atoms with E-state index in [4.69, 9.17) is 27.5 Å². The summed E-state index contributed by atoms with van der Waals surface area (Å²) >= 11 is 0. The van der Waals surface area contributed by atoms with Gasteiger partial charge in [0.1, 0.15) is 22.6 Å². The summed E-state index contributed by atoms with van der Waals surface area (Å²) in [6, 6.07) is 19.2. The van der Waals surface area contributed by atoms with Crippen molar-refractivity contribution in [1.82, 2.24) is 0 Å². The van der Waals surface area contributed by atoms with Crippen molar-refractivity contribution in [2.75, 3.05) is 10.3 Å². The molecular weight excluding hydrogens is 502 g/mol. The molecule has 0 amide bonds. The number of aromatic hydroxyl groups is 2. The summed E-state index contributed by atoms with van der Waals surface area (Å²) < 4.78 is 0. The molecule has 4 rings (SSSR count). The number of hydrogen-bond donors (Lipinski definition) is 8. The zero-order valence-corrected chi connectivity index (χ0v) is 20.4. The van der Waals surface area contributed by atoms with E-state index >= 15 is 0 Å². The summed E-state index contributed by atoms with van der Waals surface area (Å²) in [5.74, 6) is 2.79. The molecule has 0 unspecified atom stereocenters. The zero-order chi connectivity index (χ0) is 28.3. The Balaban J connectivity index is 1.55. The summed E-state index contributed by atoms with van der Waals surface area (Å²) in [6.07, 6.45) is 2.98. The topological polar surface area (TPSA) is 208 Å². The second-order valence-electron chi connectivity index (χ2n) is 8.56. The Morgan fingerprint density at radius 2 is 1.28 bits per heavy atom. The molecule has 39 heavy (non-hydrogen) atoms. The number of carboxylic acid groups (broad SMARTS) is 2. The molecule has 4 aromatic rings. The van der Waals surface area contributed by atoms with Crippen LogP contribution in [-0.4, -0.2) is 32.4 Å². The summed E-state index contributed by atoms with van der Waals surface area (Å²) in [5, 5.41) is 43.8. The molecule has 198 valence electrons. The smallest absolute Gasteiger partial charge is 0.339 e. The number of carboxylic acids is 2. The fourth-order valence-corrected chi connectivity index (χ4v) is 3.81. The number of carbonyl (C=O) groups is 2. The number of nitrogens with zero attached hydrogens (tertiary/aromatic N) is 1. The van der Waals surface area contributed by atoms with Crippen LogP contribution in [0.5, 0.6) is 11.5 Å². The standard InChI is InChI=1S/C28H25N5O6/c29-23(13-32-19-5-7-21(27(36)37)25(34)11-19)16-3-1-15-2-4-17(10-18(15)9-16)24(30)14-33(31)20-6-8-22(28(38)39)26(35)12-20/h1-14,32,34-35H,29-31H2,(H,36,37)(H,38,39)/b23-13-,24-14-. The Morgan fingerprint density at radius 1 is 0.718 bits per heavy atom. The molecular formula is C28H25N5O6. The number of benzene rings is 4. The van der Waals surface area contributed by atoms with E-state index in [2.05, 4.69) is 5.32 Å². The maximum Gasteiger partial charge on any atom is 0.339 e. The highest BCUT2D eigenvalue weighted by atomic mass is 16.4. The van der Waals surface area contributed by atoms with Gasteiger partial charge in [0, 0.05) is 30.2 Å². The molecule has 0 aliphatic rings. The third-order valence-electron chi connectivity index (χ3n) is 5.92. The first-order chi connectivity index (χ1) is 18.5. The lowest BCUT2D eigenvalue weighted by Crippen LogP contribution is -2.25. The van der Waals surface area contributed by atoms with Crippen LogP contribution in [0.4, 0.5) is 11.4 Å². The molecule has 0 aromatic heterocycles. The Labute approximate surface area is 222 Å². The molecule has 0 aliphatic carbocycles. The number of aromatic carboxylic acids is 2. The second kappa shape index (κ2) is 10.7. The molecule has 0 saturated carbocycles. The van der Waals surface area contributed by atoms with E-state index in [1.165, 1.54) is 53.8 Å². The lowest BCUT2D eigenvalue weighted by molar-refractivity contribution is 0.0682. The predicted octanol–water partition coefficient (Wildman–Crippen LogP) is 3.65. The second-order valence-corrected chi connectivity index (χ2v) is 8.56. The minimum absolute atomic E-state index is 0.205. The van der Waals surface area contributed by atoms with Crippen LogP contribution >= 0.6 is 0 Å². The van der Waals surface area contributed by atoms with Crippen LogP contribution in [0.2, 0.25) is 0 Å². The lowest BCUT2D eigenvalue weighted by atomic mass is 10.0. The van der Waals surface area contributed by atoms with Crippen LogP contribution in [0.25, 0.3) is 22.2 Å². The molecule has 0 radical (unpaired) electrons. The van der Waals surface area contributed by atoms with Crippen LogP contribution in [0.3, 0.4) is 0 Å². The van der Waals surface area contributed by atoms with Gasteiger partial charge in [-0.05, 0) is 58.3 Å². The Morgan fingerprint density at radius 3 is 1.85 bits per heavy atom. The van der Waals surface area contributed by atoms with Gasteiger partial charge in [-0.2, -0.15) is 0 Å². The quantitative estimate of drug-likeness (QED) is 0.122. The lowest BCUT2D eigenvalue weighted by Gasteiger charge is -2.16. The molecule has 0 saturated heterocycles. The maximum atomic E-state index is 11.1. The molecule has 0 bridgehead atoms. The van der Waals surface area contributed by atoms with Crippen molar-refractivity contribution >= 4 is 45.5 Å². The Kier molecular flexibility index (Phi) is 7.27. The highest BCUT2D eigenvalue weighted by Gasteiger charge is 2.12. The number of rotatable bonds is 8. The van der Waals surface area contributed by atoms with Gasteiger partial charge in [-0.15, -0.1) is 0 Å². The molecule has 4 aromatic carbocycles. The van der Waals surface area contributed by atoms with E-state index < -0.39 is 17.7 Å². The summed E-state index contributed by atoms with van der Waals surface area (Å²) in [7, 11) is 0. The summed E-state index contributed by atoms with van der Waals surface area (Å²) in [6.45, 7) is 0. The largest absolute Gasteiger partial charge is 0.507 e. The van der Waals surface area contributed by atoms with E-state index in [1.54, 1.807) is 0 Å². The van der Waals surface area contributed by atoms with Crippen LogP contribution in [0.1, 0.15) is 31.8 Å². The molecule has 11 N–H and O–H groups in total. The number of nitrogens with one attached hydrogen (secondary N) is 1. The number of nitrogens with two attached hydrogens (primary N) is 3. The fourth-order valence-electron chi connectivity index (χ4n) is 3.81. The molecule has 0 aliphatic heterocycles. The third-order valence-corrected chi connectivity index (χ3v) is 5.92. The van der Waals surface area contributed by atoms with Crippen LogP contribution < -0.4 is 27.6 Å². The number of hydrogen-bond acceptors (Lipinski definition) is 9. The van der Waals surface area contributed by atoms with Gasteiger partial charge in [-0.25, -0.2) is 15.4 Å². The Hall–Kier alpha value is -5.68. The van der Waals surface area contributed by atoms with E-state index in [-0.39, 0.29) is 16.9 Å². The van der Waals surface area contributed by atoms with E-state index in [9.17, 15) is 19.8 Å². The summed E-state index contributed by atoms with van der Waals surface area (Å²) in [4.78, 5) is 22.2. The predicted molar refractivity (Wildman–Crippen MR) is 149 cm³/mol. The highest BCUT2D eigenvalue weighted by molar-refractivity contribution is 5.92. The van der Waals surface area contributed by atoms with Crippen LogP contribution in [0.15, 0.2) is 85.2 Å². The first-order valence-electron chi connectivity index (χ1n) is 11.4. The van der Waals surface area contributed by atoms with Gasteiger partial charge in [0.15, 0.2) is 0 Å². The van der Waals surface area contributed by atoms with Gasteiger partial charge in [-0.1, -0.05) is 24.3 Å². The highest BCUT2D eigenvalue weighted by Crippen LogP contribution is 2.27. The van der Waals surface area contributed by atoms with Gasteiger partial charge in [0.05, 0.1) is 17.1 Å². The van der Waals surface area contributed by atoms with Gasteiger partial charge in [0.2, 0.25) is 0 Å². The van der Waals surface area contributed by atoms with Gasteiger partial charge in [0.25, 0.3) is 0 Å². The fraction of sp³-hybridized carbons (Fsp3) is 0. The molecule has 0 atom stereocenters. The summed E-state index contributed by atoms with van der Waals surface area (Å²) in [5.41, 5.74) is 14.9. The van der Waals surface area contributed by atoms with Crippen molar-refractivity contribution in [3.05, 3.63) is 107 Å². The van der Waals surface area contributed by atoms with E-state index in [0.717, 1.165) is 10.8 Å². The van der Waals surface area contributed by atoms with Crippen LogP contribution in [0, 0.1) is 0 Å².